The molecule has 1 saturated heterocycles. The van der Waals surface area contributed by atoms with Crippen LogP contribution in [0.3, 0.4) is 0 Å². The lowest BCUT2D eigenvalue weighted by atomic mass is 9.83. The molecule has 108 valence electrons. The summed E-state index contributed by atoms with van der Waals surface area (Å²) >= 11 is 0. The lowest BCUT2D eigenvalue weighted by Crippen LogP contribution is -2.39. The zero-order valence-corrected chi connectivity index (χ0v) is 12.2. The van der Waals surface area contributed by atoms with Gasteiger partial charge >= 0.3 is 0 Å². The number of aliphatic hydroxyl groups is 1. The fraction of sp³-hybridized carbons (Fsp3) is 0.875. The van der Waals surface area contributed by atoms with Gasteiger partial charge in [0.25, 0.3) is 0 Å². The van der Waals surface area contributed by atoms with E-state index in [0.29, 0.717) is 6.42 Å². The van der Waals surface area contributed by atoms with E-state index in [1.165, 1.54) is 32.4 Å². The number of hydrogen-bond acceptors (Lipinski definition) is 3. The molecular formula is C16H27NO2. The van der Waals surface area contributed by atoms with E-state index >= 15 is 0 Å². The van der Waals surface area contributed by atoms with Crippen LogP contribution < -0.4 is 0 Å². The van der Waals surface area contributed by atoms with Gasteiger partial charge in [-0.05, 0) is 52.1 Å². The topological polar surface area (TPSA) is 32.7 Å². The van der Waals surface area contributed by atoms with Gasteiger partial charge in [0.2, 0.25) is 0 Å². The molecule has 1 N–H and O–H groups in total. The minimum Gasteiger partial charge on any atom is -0.378 e. The van der Waals surface area contributed by atoms with E-state index < -0.39 is 5.60 Å². The highest BCUT2D eigenvalue weighted by atomic mass is 16.5. The van der Waals surface area contributed by atoms with Crippen molar-refractivity contribution in [3.05, 3.63) is 0 Å². The first-order valence-corrected chi connectivity index (χ1v) is 7.72. The smallest absolute Gasteiger partial charge is 0.127 e. The number of rotatable bonds is 4. The van der Waals surface area contributed by atoms with Crippen LogP contribution in [0.1, 0.15) is 51.9 Å². The second-order valence-electron chi connectivity index (χ2n) is 5.90. The summed E-state index contributed by atoms with van der Waals surface area (Å²) in [4.78, 5) is 2.49. The molecule has 1 heterocycles. The number of nitrogens with zero attached hydrogens (tertiary/aromatic N) is 1. The van der Waals surface area contributed by atoms with Gasteiger partial charge in [-0.1, -0.05) is 12.3 Å². The van der Waals surface area contributed by atoms with E-state index in [1.807, 2.05) is 0 Å². The number of hydrogen-bond donors (Lipinski definition) is 1. The van der Waals surface area contributed by atoms with Crippen molar-refractivity contribution in [2.24, 2.45) is 0 Å². The molecule has 0 aromatic rings. The monoisotopic (exact) mass is 265 g/mol. The van der Waals surface area contributed by atoms with Crippen LogP contribution in [0.2, 0.25) is 0 Å². The van der Waals surface area contributed by atoms with Crippen LogP contribution in [0, 0.1) is 11.8 Å². The normalized spacial score (nSPS) is 32.6. The van der Waals surface area contributed by atoms with E-state index in [-0.39, 0.29) is 6.10 Å². The Labute approximate surface area is 117 Å². The zero-order valence-electron chi connectivity index (χ0n) is 12.2. The van der Waals surface area contributed by atoms with Crippen LogP contribution in [0.25, 0.3) is 0 Å². The van der Waals surface area contributed by atoms with Crippen LogP contribution in [-0.4, -0.2) is 48.0 Å². The minimum atomic E-state index is -0.803. The fourth-order valence-electron chi connectivity index (χ4n) is 3.22. The predicted molar refractivity (Wildman–Crippen MR) is 76.9 cm³/mol. The van der Waals surface area contributed by atoms with Crippen molar-refractivity contribution < 1.29 is 9.84 Å². The molecule has 1 aliphatic carbocycles. The van der Waals surface area contributed by atoms with Gasteiger partial charge in [0.1, 0.15) is 5.60 Å². The molecule has 2 unspecified atom stereocenters. The first-order chi connectivity index (χ1) is 9.22. The van der Waals surface area contributed by atoms with Gasteiger partial charge in [0.05, 0.1) is 12.7 Å². The van der Waals surface area contributed by atoms with Gasteiger partial charge < -0.3 is 14.7 Å². The van der Waals surface area contributed by atoms with Crippen molar-refractivity contribution in [1.82, 2.24) is 4.90 Å². The maximum Gasteiger partial charge on any atom is 0.127 e. The third-order valence-electron chi connectivity index (χ3n) is 4.25. The van der Waals surface area contributed by atoms with Gasteiger partial charge in [-0.25, -0.2) is 0 Å². The SMILES string of the molecule is CC#CC1(O)CCCC(OCCN2CCCCC2)C1. The summed E-state index contributed by atoms with van der Waals surface area (Å²) in [5, 5.41) is 10.3. The second kappa shape index (κ2) is 7.28. The van der Waals surface area contributed by atoms with Crippen LogP contribution >= 0.6 is 0 Å². The Balaban J connectivity index is 1.68. The van der Waals surface area contributed by atoms with Gasteiger partial charge in [-0.15, -0.1) is 5.92 Å². The lowest BCUT2D eigenvalue weighted by Gasteiger charge is -2.33. The summed E-state index contributed by atoms with van der Waals surface area (Å²) in [6.45, 7) is 6.06. The van der Waals surface area contributed by atoms with Gasteiger partial charge in [0, 0.05) is 13.0 Å². The maximum absolute atomic E-state index is 10.3. The number of likely N-dealkylation sites (tertiary alicyclic amines) is 1. The Bertz CT molecular complexity index is 327. The highest BCUT2D eigenvalue weighted by molar-refractivity contribution is 5.14. The van der Waals surface area contributed by atoms with Crippen molar-refractivity contribution in [3.8, 4) is 11.8 Å². The van der Waals surface area contributed by atoms with Gasteiger partial charge in [-0.2, -0.15) is 0 Å². The minimum absolute atomic E-state index is 0.185. The molecule has 1 saturated carbocycles. The van der Waals surface area contributed by atoms with Crippen LogP contribution in [0.4, 0.5) is 0 Å². The van der Waals surface area contributed by atoms with E-state index in [2.05, 4.69) is 16.7 Å². The Morgan fingerprint density at radius 2 is 2.05 bits per heavy atom. The number of ether oxygens (including phenoxy) is 1. The highest BCUT2D eigenvalue weighted by Gasteiger charge is 2.33. The maximum atomic E-state index is 10.3. The molecule has 0 radical (unpaired) electrons. The van der Waals surface area contributed by atoms with Crippen molar-refractivity contribution in [2.75, 3.05) is 26.2 Å². The average molecular weight is 265 g/mol. The van der Waals surface area contributed by atoms with Crippen molar-refractivity contribution in [1.29, 1.82) is 0 Å². The lowest BCUT2D eigenvalue weighted by molar-refractivity contribution is -0.0473. The van der Waals surface area contributed by atoms with Crippen molar-refractivity contribution in [3.63, 3.8) is 0 Å². The molecule has 2 atom stereocenters. The Morgan fingerprint density at radius 1 is 1.26 bits per heavy atom. The van der Waals surface area contributed by atoms with Crippen LogP contribution in [0.5, 0.6) is 0 Å². The summed E-state index contributed by atoms with van der Waals surface area (Å²) in [6, 6.07) is 0. The Kier molecular flexibility index (Phi) is 5.69. The molecule has 3 heteroatoms. The van der Waals surface area contributed by atoms with Gasteiger partial charge in [-0.3, -0.25) is 0 Å². The van der Waals surface area contributed by atoms with Gasteiger partial charge in [0.15, 0.2) is 0 Å². The first kappa shape index (κ1) is 14.8. The Morgan fingerprint density at radius 3 is 2.79 bits per heavy atom. The van der Waals surface area contributed by atoms with Crippen molar-refractivity contribution in [2.45, 2.75) is 63.6 Å². The third kappa shape index (κ3) is 4.80. The predicted octanol–water partition coefficient (Wildman–Crippen LogP) is 2.19. The standard InChI is InChI=1S/C16H27NO2/c1-2-8-16(18)9-6-7-15(14-16)19-13-12-17-10-4-3-5-11-17/h15,18H,3-7,9-14H2,1H3. The highest BCUT2D eigenvalue weighted by Crippen LogP contribution is 2.29. The molecule has 19 heavy (non-hydrogen) atoms. The first-order valence-electron chi connectivity index (χ1n) is 7.72. The van der Waals surface area contributed by atoms with E-state index in [4.69, 9.17) is 4.74 Å². The zero-order chi connectivity index (χ0) is 13.6. The molecule has 0 bridgehead atoms. The molecule has 0 aromatic carbocycles. The third-order valence-corrected chi connectivity index (χ3v) is 4.25. The number of piperidine rings is 1. The van der Waals surface area contributed by atoms with Crippen LogP contribution in [0.15, 0.2) is 0 Å². The molecule has 2 fully saturated rings. The summed E-state index contributed by atoms with van der Waals surface area (Å²) in [6.07, 6.45) is 7.76. The molecule has 3 nitrogen and oxygen atoms in total. The molecule has 2 rings (SSSR count). The molecule has 0 aromatic heterocycles. The van der Waals surface area contributed by atoms with E-state index in [0.717, 1.165) is 32.4 Å². The molecule has 0 spiro atoms. The van der Waals surface area contributed by atoms with E-state index in [9.17, 15) is 5.11 Å². The fourth-order valence-corrected chi connectivity index (χ4v) is 3.22. The van der Waals surface area contributed by atoms with Crippen molar-refractivity contribution >= 4 is 0 Å². The quantitative estimate of drug-likeness (QED) is 0.791. The summed E-state index contributed by atoms with van der Waals surface area (Å²) < 4.78 is 5.96. The Hall–Kier alpha value is -0.560. The summed E-state index contributed by atoms with van der Waals surface area (Å²) in [7, 11) is 0. The van der Waals surface area contributed by atoms with Crippen LogP contribution in [-0.2, 0) is 4.74 Å². The summed E-state index contributed by atoms with van der Waals surface area (Å²) in [5.41, 5.74) is -0.803. The molecule has 2 aliphatic rings. The summed E-state index contributed by atoms with van der Waals surface area (Å²) in [5.74, 6) is 5.79. The largest absolute Gasteiger partial charge is 0.378 e. The second-order valence-corrected chi connectivity index (χ2v) is 5.90. The van der Waals surface area contributed by atoms with E-state index in [1.54, 1.807) is 6.92 Å². The average Bonchev–Trinajstić information content (AvgIpc) is 2.40. The molecule has 1 aliphatic heterocycles. The molecular weight excluding hydrogens is 238 g/mol. The molecule has 0 amide bonds.